The second-order valence-corrected chi connectivity index (χ2v) is 7.32. The minimum Gasteiger partial charge on any atom is -0.448 e. The molecule has 0 saturated heterocycles. The van der Waals surface area contributed by atoms with Gasteiger partial charge in [-0.1, -0.05) is 26.0 Å². The minimum atomic E-state index is -0.113. The SMILES string of the molecule is COCCN(CC(C)C)C(=O)c1ccc(-c2nc3ccccc3s2)o1. The average molecular weight is 358 g/mol. The lowest BCUT2D eigenvalue weighted by atomic mass is 10.2. The molecular formula is C19H22N2O3S. The first-order valence-electron chi connectivity index (χ1n) is 8.32. The van der Waals surface area contributed by atoms with Crippen LogP contribution < -0.4 is 0 Å². The van der Waals surface area contributed by atoms with Gasteiger partial charge in [0.15, 0.2) is 16.5 Å². The van der Waals surface area contributed by atoms with Crippen molar-refractivity contribution in [3.8, 4) is 10.8 Å². The van der Waals surface area contributed by atoms with Gasteiger partial charge in [0.05, 0.1) is 16.8 Å². The number of carbonyl (C=O) groups excluding carboxylic acids is 1. The maximum absolute atomic E-state index is 12.8. The average Bonchev–Trinajstić information content (AvgIpc) is 3.23. The Kier molecular flexibility index (Phi) is 5.50. The molecule has 3 rings (SSSR count). The highest BCUT2D eigenvalue weighted by Crippen LogP contribution is 2.31. The van der Waals surface area contributed by atoms with Crippen LogP contribution in [0.3, 0.4) is 0 Å². The number of aromatic nitrogens is 1. The van der Waals surface area contributed by atoms with Crippen molar-refractivity contribution in [1.29, 1.82) is 0 Å². The van der Waals surface area contributed by atoms with Gasteiger partial charge in [-0.15, -0.1) is 11.3 Å². The van der Waals surface area contributed by atoms with Crippen molar-refractivity contribution in [2.24, 2.45) is 5.92 Å². The summed E-state index contributed by atoms with van der Waals surface area (Å²) in [4.78, 5) is 19.1. The fraction of sp³-hybridized carbons (Fsp3) is 0.368. The van der Waals surface area contributed by atoms with Crippen LogP contribution >= 0.6 is 11.3 Å². The van der Waals surface area contributed by atoms with E-state index in [-0.39, 0.29) is 5.91 Å². The molecule has 5 nitrogen and oxygen atoms in total. The number of nitrogens with zero attached hydrogens (tertiary/aromatic N) is 2. The summed E-state index contributed by atoms with van der Waals surface area (Å²) in [5.74, 6) is 1.23. The summed E-state index contributed by atoms with van der Waals surface area (Å²) < 4.78 is 12.0. The van der Waals surface area contributed by atoms with Crippen molar-refractivity contribution in [2.45, 2.75) is 13.8 Å². The van der Waals surface area contributed by atoms with E-state index >= 15 is 0 Å². The normalized spacial score (nSPS) is 11.4. The van der Waals surface area contributed by atoms with Crippen LogP contribution in [0.25, 0.3) is 21.0 Å². The van der Waals surface area contributed by atoms with Crippen molar-refractivity contribution < 1.29 is 13.9 Å². The van der Waals surface area contributed by atoms with Crippen LogP contribution in [0.15, 0.2) is 40.8 Å². The standard InChI is InChI=1S/C19H22N2O3S/c1-13(2)12-21(10-11-23-3)19(22)16-9-8-15(24-16)18-20-14-6-4-5-7-17(14)25-18/h4-9,13H,10-12H2,1-3H3. The number of benzene rings is 1. The minimum absolute atomic E-state index is 0.113. The second kappa shape index (κ2) is 7.80. The number of rotatable bonds is 7. The Balaban J connectivity index is 1.82. The third-order valence-electron chi connectivity index (χ3n) is 3.76. The Hall–Kier alpha value is -2.18. The molecule has 3 aromatic rings. The number of methoxy groups -OCH3 is 1. The Morgan fingerprint density at radius 1 is 1.28 bits per heavy atom. The maximum Gasteiger partial charge on any atom is 0.289 e. The van der Waals surface area contributed by atoms with Crippen molar-refractivity contribution in [3.63, 3.8) is 0 Å². The molecule has 0 saturated carbocycles. The van der Waals surface area contributed by atoms with Gasteiger partial charge in [-0.3, -0.25) is 4.79 Å². The molecule has 0 bridgehead atoms. The van der Waals surface area contributed by atoms with Crippen molar-refractivity contribution in [2.75, 3.05) is 26.8 Å². The van der Waals surface area contributed by atoms with E-state index in [1.54, 1.807) is 29.4 Å². The van der Waals surface area contributed by atoms with Gasteiger partial charge in [-0.05, 0) is 30.2 Å². The van der Waals surface area contributed by atoms with Crippen LogP contribution in [0.5, 0.6) is 0 Å². The fourth-order valence-electron chi connectivity index (χ4n) is 2.62. The molecule has 0 unspecified atom stereocenters. The van der Waals surface area contributed by atoms with Crippen LogP contribution in [0, 0.1) is 5.92 Å². The molecule has 0 aliphatic rings. The molecule has 0 atom stereocenters. The molecular weight excluding hydrogens is 336 g/mol. The highest BCUT2D eigenvalue weighted by Gasteiger charge is 2.21. The van der Waals surface area contributed by atoms with E-state index in [2.05, 4.69) is 18.8 Å². The smallest absolute Gasteiger partial charge is 0.289 e. The monoisotopic (exact) mass is 358 g/mol. The van der Waals surface area contributed by atoms with Crippen molar-refractivity contribution in [3.05, 3.63) is 42.2 Å². The third-order valence-corrected chi connectivity index (χ3v) is 4.81. The second-order valence-electron chi connectivity index (χ2n) is 6.29. The Morgan fingerprint density at radius 2 is 2.08 bits per heavy atom. The number of amides is 1. The van der Waals surface area contributed by atoms with Gasteiger partial charge in [-0.2, -0.15) is 0 Å². The molecule has 0 aliphatic heterocycles. The molecule has 2 heterocycles. The van der Waals surface area contributed by atoms with Gasteiger partial charge >= 0.3 is 0 Å². The molecule has 132 valence electrons. The largest absolute Gasteiger partial charge is 0.448 e. The van der Waals surface area contributed by atoms with E-state index < -0.39 is 0 Å². The zero-order valence-electron chi connectivity index (χ0n) is 14.7. The number of carbonyl (C=O) groups is 1. The molecule has 1 aromatic carbocycles. The van der Waals surface area contributed by atoms with Gasteiger partial charge in [-0.25, -0.2) is 4.98 Å². The summed E-state index contributed by atoms with van der Waals surface area (Å²) in [6.07, 6.45) is 0. The van der Waals surface area contributed by atoms with Crippen LogP contribution in [-0.4, -0.2) is 42.6 Å². The van der Waals surface area contributed by atoms with Gasteiger partial charge < -0.3 is 14.1 Å². The highest BCUT2D eigenvalue weighted by molar-refractivity contribution is 7.21. The first-order chi connectivity index (χ1) is 12.1. The summed E-state index contributed by atoms with van der Waals surface area (Å²) in [7, 11) is 1.64. The number of fused-ring (bicyclic) bond motifs is 1. The lowest BCUT2D eigenvalue weighted by Crippen LogP contribution is -2.36. The molecule has 0 fully saturated rings. The fourth-order valence-corrected chi connectivity index (χ4v) is 3.55. The van der Waals surface area contributed by atoms with Gasteiger partial charge in [0, 0.05) is 20.2 Å². The van der Waals surface area contributed by atoms with E-state index in [1.807, 2.05) is 30.3 Å². The zero-order valence-corrected chi connectivity index (χ0v) is 15.5. The Labute approximate surface area is 151 Å². The van der Waals surface area contributed by atoms with Gasteiger partial charge in [0.25, 0.3) is 5.91 Å². The number of furan rings is 1. The van der Waals surface area contributed by atoms with Crippen LogP contribution in [0.1, 0.15) is 24.4 Å². The van der Waals surface area contributed by atoms with Gasteiger partial charge in [0.1, 0.15) is 0 Å². The molecule has 0 aliphatic carbocycles. The highest BCUT2D eigenvalue weighted by atomic mass is 32.1. The number of hydrogen-bond donors (Lipinski definition) is 0. The van der Waals surface area contributed by atoms with E-state index in [9.17, 15) is 4.79 Å². The van der Waals surface area contributed by atoms with E-state index in [0.29, 0.717) is 37.1 Å². The van der Waals surface area contributed by atoms with Crippen molar-refractivity contribution in [1.82, 2.24) is 9.88 Å². The molecule has 1 amide bonds. The number of ether oxygens (including phenoxy) is 1. The quantitative estimate of drug-likeness (QED) is 0.632. The predicted molar refractivity (Wildman–Crippen MR) is 99.9 cm³/mol. The van der Waals surface area contributed by atoms with Gasteiger partial charge in [0.2, 0.25) is 0 Å². The zero-order chi connectivity index (χ0) is 17.8. The summed E-state index contributed by atoms with van der Waals surface area (Å²) in [5, 5.41) is 0.785. The van der Waals surface area contributed by atoms with E-state index in [4.69, 9.17) is 9.15 Å². The maximum atomic E-state index is 12.8. The molecule has 0 spiro atoms. The van der Waals surface area contributed by atoms with Crippen LogP contribution in [-0.2, 0) is 4.74 Å². The molecule has 0 radical (unpaired) electrons. The lowest BCUT2D eigenvalue weighted by Gasteiger charge is -2.23. The summed E-state index contributed by atoms with van der Waals surface area (Å²) in [6, 6.07) is 11.5. The lowest BCUT2D eigenvalue weighted by molar-refractivity contribution is 0.0642. The summed E-state index contributed by atoms with van der Waals surface area (Å²) in [6.45, 7) is 5.89. The van der Waals surface area contributed by atoms with Crippen LogP contribution in [0.2, 0.25) is 0 Å². The van der Waals surface area contributed by atoms with E-state index in [1.165, 1.54) is 0 Å². The first kappa shape index (κ1) is 17.6. The van der Waals surface area contributed by atoms with E-state index in [0.717, 1.165) is 15.2 Å². The number of hydrogen-bond acceptors (Lipinski definition) is 5. The summed E-state index contributed by atoms with van der Waals surface area (Å²) in [5.41, 5.74) is 0.938. The molecule has 2 aromatic heterocycles. The predicted octanol–water partition coefficient (Wildman–Crippen LogP) is 4.30. The molecule has 25 heavy (non-hydrogen) atoms. The summed E-state index contributed by atoms with van der Waals surface area (Å²) >= 11 is 1.56. The third kappa shape index (κ3) is 4.08. The Bertz CT molecular complexity index is 820. The number of thiazole rings is 1. The van der Waals surface area contributed by atoms with Crippen LogP contribution in [0.4, 0.5) is 0 Å². The first-order valence-corrected chi connectivity index (χ1v) is 9.14. The molecule has 6 heteroatoms. The van der Waals surface area contributed by atoms with Crippen molar-refractivity contribution >= 4 is 27.5 Å². The number of para-hydroxylation sites is 1. The topological polar surface area (TPSA) is 55.6 Å². The Morgan fingerprint density at radius 3 is 2.80 bits per heavy atom. The molecule has 0 N–H and O–H groups in total.